The van der Waals surface area contributed by atoms with Crippen molar-refractivity contribution in [3.8, 4) is 11.5 Å². The number of aromatic nitrogens is 1. The van der Waals surface area contributed by atoms with Gasteiger partial charge in [-0.05, 0) is 119 Å². The van der Waals surface area contributed by atoms with Crippen LogP contribution < -0.4 is 10.6 Å². The number of phenols is 2. The molecule has 62 heavy (non-hydrogen) atoms. The number of fused-ring (bicyclic) bond motifs is 6. The zero-order valence-corrected chi connectivity index (χ0v) is 37.5. The summed E-state index contributed by atoms with van der Waals surface area (Å²) in [5.74, 6) is -3.88. The van der Waals surface area contributed by atoms with Crippen molar-refractivity contribution in [1.82, 2.24) is 30.3 Å². The lowest BCUT2D eigenvalue weighted by Crippen LogP contribution is -2.71. The van der Waals surface area contributed by atoms with E-state index in [-0.39, 0.29) is 41.2 Å². The first-order valence-electron chi connectivity index (χ1n) is 22.0. The average molecular weight is 910 g/mol. The lowest BCUT2D eigenvalue weighted by atomic mass is 9.79. The number of aliphatic hydroxyl groups is 1. The number of carbonyl (C=O) groups excluding carboxylic acids is 3. The molecule has 328 valence electrons. The van der Waals surface area contributed by atoms with Crippen LogP contribution in [0.25, 0.3) is 16.5 Å². The van der Waals surface area contributed by atoms with E-state index in [2.05, 4.69) is 60.7 Å². The number of phenolic OH excluding ortho intramolecular Hbond substituents is 2. The van der Waals surface area contributed by atoms with Crippen LogP contribution in [0.15, 0.2) is 71.3 Å². The molecule has 6 heterocycles. The minimum absolute atomic E-state index is 0.0348. The number of benzene rings is 3. The van der Waals surface area contributed by atoms with Crippen LogP contribution in [0.4, 0.5) is 0 Å². The van der Waals surface area contributed by atoms with Gasteiger partial charge in [0.05, 0.1) is 10.5 Å². The lowest BCUT2D eigenvalue weighted by molar-refractivity contribution is -0.322. The van der Waals surface area contributed by atoms with Crippen molar-refractivity contribution < 1.29 is 34.4 Å². The van der Waals surface area contributed by atoms with E-state index in [1.807, 2.05) is 51.2 Å². The Morgan fingerprint density at radius 1 is 1.05 bits per heavy atom. The van der Waals surface area contributed by atoms with Crippen LogP contribution in [-0.2, 0) is 32.0 Å². The van der Waals surface area contributed by atoms with Crippen LogP contribution in [0, 0.1) is 17.8 Å². The van der Waals surface area contributed by atoms with Crippen LogP contribution in [0.1, 0.15) is 80.7 Å². The van der Waals surface area contributed by atoms with Crippen molar-refractivity contribution >= 4 is 50.1 Å². The Balaban J connectivity index is 0.000000215. The molecule has 0 radical (unpaired) electrons. The first-order chi connectivity index (χ1) is 29.6. The minimum atomic E-state index is -2.01. The molecule has 3 saturated heterocycles. The molecule has 14 heteroatoms. The molecular formula is C48H57BrN6O7. The monoisotopic (exact) mass is 908 g/mol. The van der Waals surface area contributed by atoms with E-state index in [1.165, 1.54) is 21.4 Å². The van der Waals surface area contributed by atoms with Crippen molar-refractivity contribution in [2.75, 3.05) is 33.2 Å². The summed E-state index contributed by atoms with van der Waals surface area (Å²) in [4.78, 5) is 50.8. The summed E-state index contributed by atoms with van der Waals surface area (Å²) >= 11 is 3.70. The minimum Gasteiger partial charge on any atom is -0.504 e. The number of halogens is 1. The predicted molar refractivity (Wildman–Crippen MR) is 239 cm³/mol. The number of aromatic amines is 1. The summed E-state index contributed by atoms with van der Waals surface area (Å²) in [7, 11) is 2.03. The molecule has 3 fully saturated rings. The van der Waals surface area contributed by atoms with Gasteiger partial charge in [0.1, 0.15) is 12.1 Å². The maximum absolute atomic E-state index is 14.4. The van der Waals surface area contributed by atoms with Gasteiger partial charge in [-0.15, -0.1) is 0 Å². The smallest absolute Gasteiger partial charge is 0.281 e. The summed E-state index contributed by atoms with van der Waals surface area (Å²) in [6.45, 7) is 10.3. The zero-order chi connectivity index (χ0) is 43.8. The highest BCUT2D eigenvalue weighted by Crippen LogP contribution is 2.49. The quantitative estimate of drug-likeness (QED) is 0.136. The van der Waals surface area contributed by atoms with Crippen LogP contribution in [-0.4, -0.2) is 116 Å². The van der Waals surface area contributed by atoms with Crippen molar-refractivity contribution in [3.05, 3.63) is 99.2 Å². The number of piperazine rings is 1. The third-order valence-electron chi connectivity index (χ3n) is 14.0. The molecule has 3 aromatic carbocycles. The van der Waals surface area contributed by atoms with E-state index >= 15 is 0 Å². The molecule has 13 nitrogen and oxygen atoms in total. The van der Waals surface area contributed by atoms with Gasteiger partial charge in [-0.3, -0.25) is 28.9 Å². The van der Waals surface area contributed by atoms with Gasteiger partial charge in [0.25, 0.3) is 11.8 Å². The largest absolute Gasteiger partial charge is 0.504 e. The summed E-state index contributed by atoms with van der Waals surface area (Å²) in [6, 6.07) is 18.4. The first kappa shape index (κ1) is 42.6. The molecule has 1 aliphatic carbocycles. The molecule has 0 saturated carbocycles. The second-order valence-corrected chi connectivity index (χ2v) is 19.4. The fourth-order valence-electron chi connectivity index (χ4n) is 10.9. The highest BCUT2D eigenvalue weighted by Gasteiger charge is 2.72. The molecule has 1 unspecified atom stereocenters. The molecule has 4 aromatic rings. The average Bonchev–Trinajstić information content (AvgIpc) is 3.88. The summed E-state index contributed by atoms with van der Waals surface area (Å²) in [5.41, 5.74) is 6.11. The van der Waals surface area contributed by atoms with Crippen molar-refractivity contribution in [1.29, 1.82) is 0 Å². The van der Waals surface area contributed by atoms with Crippen LogP contribution in [0.2, 0.25) is 0 Å². The maximum atomic E-state index is 14.4. The number of aromatic hydroxyl groups is 2. The number of amides is 3. The number of hydrogen-bond donors (Lipinski definition) is 6. The third kappa shape index (κ3) is 6.93. The molecule has 6 aliphatic rings. The van der Waals surface area contributed by atoms with Gasteiger partial charge in [-0.25, -0.2) is 0 Å². The molecule has 10 rings (SSSR count). The van der Waals surface area contributed by atoms with Gasteiger partial charge in [-0.1, -0.05) is 76.2 Å². The normalized spacial score (nSPS) is 29.1. The van der Waals surface area contributed by atoms with E-state index in [0.717, 1.165) is 64.7 Å². The van der Waals surface area contributed by atoms with Gasteiger partial charge in [0.2, 0.25) is 17.5 Å². The number of likely N-dealkylation sites (N-methyl/N-ethyl adjacent to an activating group) is 1. The standard InChI is InChI=1S/C32H40BrN5O5.C16H17NO2/c1-16(2)12-24-29(40)37-11-7-10-25(37)32(42)38(24)30(41)31(43-32,17(3)4)35-28(39)18-13-20-19-8-6-9-22-26(19)21(27(33)34-22)14-23(20)36(5)15-18;18-15-8-12-6-7-17-10-14(13(12)9-16(15)19)11-4-2-1-3-5-11/h6,8-9,13,16-18,23-25,34,42H,7,10-12,14-15H2,1-5H3,(H,35,39);1-5,8-9,14,17-19H,6-7,10H2/t18-,23-,24+,25+,31-,32+;/m1./s1. The Morgan fingerprint density at radius 3 is 2.55 bits per heavy atom. The molecule has 0 bridgehead atoms. The van der Waals surface area contributed by atoms with Gasteiger partial charge < -0.3 is 35.8 Å². The van der Waals surface area contributed by atoms with Crippen molar-refractivity contribution in [2.45, 2.75) is 95.5 Å². The van der Waals surface area contributed by atoms with Gasteiger partial charge in [0, 0.05) is 48.4 Å². The Bertz CT molecular complexity index is 2450. The summed E-state index contributed by atoms with van der Waals surface area (Å²) in [5, 5.41) is 39.1. The number of H-pyrrole nitrogens is 1. The number of hydrogen-bond acceptors (Lipinski definition) is 9. The van der Waals surface area contributed by atoms with E-state index in [9.17, 15) is 29.7 Å². The third-order valence-corrected chi connectivity index (χ3v) is 14.7. The van der Waals surface area contributed by atoms with E-state index in [4.69, 9.17) is 4.74 Å². The number of nitrogens with one attached hydrogen (secondary N) is 3. The maximum Gasteiger partial charge on any atom is 0.281 e. The van der Waals surface area contributed by atoms with Crippen molar-refractivity contribution in [2.24, 2.45) is 17.8 Å². The molecule has 7 atom stereocenters. The Hall–Kier alpha value is -4.73. The number of nitrogens with zero attached hydrogens (tertiary/aromatic N) is 3. The summed E-state index contributed by atoms with van der Waals surface area (Å²) in [6.07, 6.45) is 5.35. The predicted octanol–water partition coefficient (Wildman–Crippen LogP) is 5.57. The van der Waals surface area contributed by atoms with Crippen LogP contribution in [0.3, 0.4) is 0 Å². The second-order valence-electron chi connectivity index (χ2n) is 18.6. The Morgan fingerprint density at radius 2 is 1.81 bits per heavy atom. The number of rotatable bonds is 6. The van der Waals surface area contributed by atoms with Crippen molar-refractivity contribution in [3.63, 3.8) is 0 Å². The molecular weight excluding hydrogens is 852 g/mol. The highest BCUT2D eigenvalue weighted by molar-refractivity contribution is 9.10. The fraction of sp³-hybridized carbons (Fsp3) is 0.479. The van der Waals surface area contributed by atoms with Gasteiger partial charge in [0.15, 0.2) is 11.5 Å². The van der Waals surface area contributed by atoms with Gasteiger partial charge >= 0.3 is 0 Å². The fourth-order valence-corrected chi connectivity index (χ4v) is 11.5. The molecule has 0 spiro atoms. The Labute approximate surface area is 370 Å². The number of carbonyl (C=O) groups is 3. The number of ether oxygens (including phenoxy) is 1. The van der Waals surface area contributed by atoms with E-state index in [0.29, 0.717) is 25.9 Å². The second kappa shape index (κ2) is 16.1. The molecule has 6 N–H and O–H groups in total. The van der Waals surface area contributed by atoms with Crippen LogP contribution in [0.5, 0.6) is 11.5 Å². The molecule has 5 aliphatic heterocycles. The van der Waals surface area contributed by atoms with Crippen LogP contribution >= 0.6 is 15.9 Å². The first-order valence-corrected chi connectivity index (χ1v) is 22.8. The molecule has 1 aromatic heterocycles. The Kier molecular flexibility index (Phi) is 11.1. The highest BCUT2D eigenvalue weighted by atomic mass is 79.9. The van der Waals surface area contributed by atoms with E-state index in [1.54, 1.807) is 30.9 Å². The topological polar surface area (TPSA) is 171 Å². The molecule has 3 amide bonds. The lowest BCUT2D eigenvalue weighted by Gasteiger charge is -2.49. The SMILES string of the molecule is CC(C)C[C@H]1C(=O)N2CCC[C@H]2[C@]2(O)O[C@](NC(=O)[C@@H]3C=C4c5cccc6[nH]c(Br)c(c56)C[C@H]4N(C)C3)(C(C)C)C(=O)N12.Oc1cc2c(cc1O)C(c1ccccc1)CNCC2. The zero-order valence-electron chi connectivity index (χ0n) is 36.0. The van der Waals surface area contributed by atoms with Gasteiger partial charge in [-0.2, -0.15) is 0 Å². The van der Waals surface area contributed by atoms with E-state index < -0.39 is 41.5 Å². The summed E-state index contributed by atoms with van der Waals surface area (Å²) < 4.78 is 7.43.